The predicted octanol–water partition coefficient (Wildman–Crippen LogP) is 4.90. The van der Waals surface area contributed by atoms with Crippen molar-refractivity contribution in [2.75, 3.05) is 5.73 Å². The van der Waals surface area contributed by atoms with Gasteiger partial charge in [-0.2, -0.15) is 0 Å². The number of nitrogens with zero attached hydrogens (tertiary/aromatic N) is 2. The Bertz CT molecular complexity index is 551. The molecule has 2 rings (SSSR count). The van der Waals surface area contributed by atoms with E-state index in [9.17, 15) is 0 Å². The van der Waals surface area contributed by atoms with Crippen LogP contribution in [0.5, 0.6) is 0 Å². The number of aromatic nitrogens is 2. The van der Waals surface area contributed by atoms with Gasteiger partial charge in [-0.15, -0.1) is 0 Å². The van der Waals surface area contributed by atoms with E-state index in [4.69, 9.17) is 5.73 Å². The molecule has 0 unspecified atom stereocenters. The molecule has 3 heteroatoms. The maximum absolute atomic E-state index is 5.80. The number of unbranched alkanes of at least 4 members (excludes halogenated alkanes) is 7. The van der Waals surface area contributed by atoms with Crippen LogP contribution in [0.4, 0.5) is 5.95 Å². The van der Waals surface area contributed by atoms with Crippen LogP contribution in [0.1, 0.15) is 64.0 Å². The van der Waals surface area contributed by atoms with E-state index in [0.717, 1.165) is 23.0 Å². The Morgan fingerprint density at radius 2 is 1.52 bits per heavy atom. The van der Waals surface area contributed by atoms with Crippen LogP contribution in [0.15, 0.2) is 24.3 Å². The van der Waals surface area contributed by atoms with Crippen LogP contribution in [0.3, 0.4) is 0 Å². The first-order chi connectivity index (χ1) is 10.3. The van der Waals surface area contributed by atoms with Crippen LogP contribution in [-0.2, 0) is 6.42 Å². The summed E-state index contributed by atoms with van der Waals surface area (Å²) >= 11 is 0. The molecule has 0 saturated heterocycles. The first-order valence-electron chi connectivity index (χ1n) is 8.32. The molecule has 0 atom stereocenters. The van der Waals surface area contributed by atoms with E-state index >= 15 is 0 Å². The standard InChI is InChI=1S/C18H27N3/c1-2-3-4-5-6-7-8-9-13-16-15-12-10-11-14-17(15)21-18(19)20-16/h10-12,14H,2-9,13H2,1H3,(H2,19,20,21). The van der Waals surface area contributed by atoms with Gasteiger partial charge in [-0.3, -0.25) is 0 Å². The summed E-state index contributed by atoms with van der Waals surface area (Å²) in [7, 11) is 0. The maximum Gasteiger partial charge on any atom is 0.220 e. The third-order valence-corrected chi connectivity index (χ3v) is 3.97. The van der Waals surface area contributed by atoms with E-state index in [2.05, 4.69) is 23.0 Å². The molecular formula is C18H27N3. The number of para-hydroxylation sites is 1. The second-order valence-corrected chi connectivity index (χ2v) is 5.77. The molecule has 3 nitrogen and oxygen atoms in total. The SMILES string of the molecule is CCCCCCCCCCc1nc(N)nc2ccccc12. The molecule has 1 aromatic carbocycles. The van der Waals surface area contributed by atoms with Crippen molar-refractivity contribution in [2.45, 2.75) is 64.7 Å². The van der Waals surface area contributed by atoms with Gasteiger partial charge in [0.15, 0.2) is 0 Å². The Labute approximate surface area is 128 Å². The molecule has 0 aliphatic carbocycles. The number of hydrogen-bond donors (Lipinski definition) is 1. The number of hydrogen-bond acceptors (Lipinski definition) is 3. The van der Waals surface area contributed by atoms with Gasteiger partial charge in [0.05, 0.1) is 11.2 Å². The molecular weight excluding hydrogens is 258 g/mol. The highest BCUT2D eigenvalue weighted by Gasteiger charge is 2.05. The molecule has 2 aromatic rings. The third kappa shape index (κ3) is 5.00. The normalized spacial score (nSPS) is 11.1. The second kappa shape index (κ2) is 8.60. The van der Waals surface area contributed by atoms with Crippen LogP contribution in [0.2, 0.25) is 0 Å². The minimum Gasteiger partial charge on any atom is -0.368 e. The van der Waals surface area contributed by atoms with E-state index < -0.39 is 0 Å². The summed E-state index contributed by atoms with van der Waals surface area (Å²) in [5.41, 5.74) is 7.86. The molecule has 0 radical (unpaired) electrons. The first kappa shape index (κ1) is 15.7. The molecule has 0 aliphatic rings. The number of nitrogens with two attached hydrogens (primary N) is 1. The number of rotatable bonds is 9. The molecule has 2 N–H and O–H groups in total. The number of anilines is 1. The second-order valence-electron chi connectivity index (χ2n) is 5.77. The van der Waals surface area contributed by atoms with Crippen molar-refractivity contribution in [1.82, 2.24) is 9.97 Å². The van der Waals surface area contributed by atoms with Gasteiger partial charge >= 0.3 is 0 Å². The summed E-state index contributed by atoms with van der Waals surface area (Å²) in [4.78, 5) is 8.72. The van der Waals surface area contributed by atoms with E-state index in [1.54, 1.807) is 0 Å². The molecule has 0 saturated carbocycles. The Morgan fingerprint density at radius 3 is 2.29 bits per heavy atom. The van der Waals surface area contributed by atoms with E-state index in [1.807, 2.05) is 18.2 Å². The summed E-state index contributed by atoms with van der Waals surface area (Å²) in [6.45, 7) is 2.26. The largest absolute Gasteiger partial charge is 0.368 e. The maximum atomic E-state index is 5.80. The highest BCUT2D eigenvalue weighted by molar-refractivity contribution is 5.81. The minimum atomic E-state index is 0.392. The first-order valence-corrected chi connectivity index (χ1v) is 8.32. The fourth-order valence-corrected chi connectivity index (χ4v) is 2.78. The zero-order valence-electron chi connectivity index (χ0n) is 13.1. The van der Waals surface area contributed by atoms with Crippen LogP contribution in [0.25, 0.3) is 10.9 Å². The van der Waals surface area contributed by atoms with Gasteiger partial charge in [0.1, 0.15) is 0 Å². The summed E-state index contributed by atoms with van der Waals surface area (Å²) in [5, 5.41) is 1.15. The highest BCUT2D eigenvalue weighted by atomic mass is 15.0. The molecule has 0 spiro atoms. The number of aryl methyl sites for hydroxylation is 1. The molecule has 0 amide bonds. The lowest BCUT2D eigenvalue weighted by Crippen LogP contribution is -2.01. The van der Waals surface area contributed by atoms with Gasteiger partial charge in [-0.1, -0.05) is 70.1 Å². The van der Waals surface area contributed by atoms with Crippen molar-refractivity contribution in [2.24, 2.45) is 0 Å². The topological polar surface area (TPSA) is 51.8 Å². The molecule has 0 bridgehead atoms. The molecule has 1 heterocycles. The Hall–Kier alpha value is -1.64. The van der Waals surface area contributed by atoms with Crippen molar-refractivity contribution >= 4 is 16.9 Å². The van der Waals surface area contributed by atoms with Gasteiger partial charge in [0.2, 0.25) is 5.95 Å². The average Bonchev–Trinajstić information content (AvgIpc) is 2.49. The number of benzene rings is 1. The zero-order chi connectivity index (χ0) is 14.9. The fraction of sp³-hybridized carbons (Fsp3) is 0.556. The van der Waals surface area contributed by atoms with E-state index in [1.165, 1.54) is 51.4 Å². The van der Waals surface area contributed by atoms with Crippen LogP contribution in [0, 0.1) is 0 Å². The summed E-state index contributed by atoms with van der Waals surface area (Å²) in [5.74, 6) is 0.392. The van der Waals surface area contributed by atoms with Gasteiger partial charge in [-0.25, -0.2) is 9.97 Å². The zero-order valence-corrected chi connectivity index (χ0v) is 13.1. The summed E-state index contributed by atoms with van der Waals surface area (Å²) < 4.78 is 0. The van der Waals surface area contributed by atoms with Crippen molar-refractivity contribution in [3.63, 3.8) is 0 Å². The predicted molar refractivity (Wildman–Crippen MR) is 90.3 cm³/mol. The number of nitrogen functional groups attached to an aromatic ring is 1. The summed E-state index contributed by atoms with van der Waals surface area (Å²) in [6.07, 6.45) is 11.7. The number of fused-ring (bicyclic) bond motifs is 1. The van der Waals surface area contributed by atoms with Crippen molar-refractivity contribution in [3.05, 3.63) is 30.0 Å². The quantitative estimate of drug-likeness (QED) is 0.667. The Morgan fingerprint density at radius 1 is 0.857 bits per heavy atom. The van der Waals surface area contributed by atoms with Gasteiger partial charge in [0.25, 0.3) is 0 Å². The van der Waals surface area contributed by atoms with E-state index in [-0.39, 0.29) is 0 Å². The molecule has 0 aliphatic heterocycles. The van der Waals surface area contributed by atoms with Gasteiger partial charge < -0.3 is 5.73 Å². The molecule has 1 aromatic heterocycles. The molecule has 21 heavy (non-hydrogen) atoms. The minimum absolute atomic E-state index is 0.392. The van der Waals surface area contributed by atoms with E-state index in [0.29, 0.717) is 5.95 Å². The van der Waals surface area contributed by atoms with Crippen molar-refractivity contribution < 1.29 is 0 Å². The van der Waals surface area contributed by atoms with Gasteiger partial charge in [0, 0.05) is 5.39 Å². The lowest BCUT2D eigenvalue weighted by Gasteiger charge is -2.06. The fourth-order valence-electron chi connectivity index (χ4n) is 2.78. The van der Waals surface area contributed by atoms with Crippen molar-refractivity contribution in [1.29, 1.82) is 0 Å². The molecule has 114 valence electrons. The van der Waals surface area contributed by atoms with Crippen LogP contribution in [-0.4, -0.2) is 9.97 Å². The lowest BCUT2D eigenvalue weighted by molar-refractivity contribution is 0.574. The molecule has 0 fully saturated rings. The smallest absolute Gasteiger partial charge is 0.220 e. The third-order valence-electron chi connectivity index (χ3n) is 3.97. The Balaban J connectivity index is 1.78. The van der Waals surface area contributed by atoms with Crippen LogP contribution >= 0.6 is 0 Å². The lowest BCUT2D eigenvalue weighted by atomic mass is 10.0. The highest BCUT2D eigenvalue weighted by Crippen LogP contribution is 2.19. The Kier molecular flexibility index (Phi) is 6.45. The van der Waals surface area contributed by atoms with Crippen LogP contribution < -0.4 is 5.73 Å². The van der Waals surface area contributed by atoms with Crippen molar-refractivity contribution in [3.8, 4) is 0 Å². The monoisotopic (exact) mass is 285 g/mol. The average molecular weight is 285 g/mol. The summed E-state index contributed by atoms with van der Waals surface area (Å²) in [6, 6.07) is 8.13. The van der Waals surface area contributed by atoms with Gasteiger partial charge in [-0.05, 0) is 18.9 Å².